The Morgan fingerprint density at radius 3 is 2.29 bits per heavy atom. The van der Waals surface area contributed by atoms with Crippen molar-refractivity contribution in [2.75, 3.05) is 0 Å². The van der Waals surface area contributed by atoms with Crippen LogP contribution >= 0.6 is 0 Å². The number of alkyl halides is 3. The lowest BCUT2D eigenvalue weighted by Gasteiger charge is -2.37. The highest BCUT2D eigenvalue weighted by atomic mass is 19.4. The van der Waals surface area contributed by atoms with Crippen molar-refractivity contribution in [2.45, 2.75) is 44.4 Å². The van der Waals surface area contributed by atoms with Crippen LogP contribution < -0.4 is 5.43 Å². The zero-order valence-corrected chi connectivity index (χ0v) is 11.7. The SMILES string of the molecule is CC1(C)CC(=O)NN1C(Cc1ccc(F)cc1)C(F)(F)F. The summed E-state index contributed by atoms with van der Waals surface area (Å²) in [5.41, 5.74) is 1.71. The van der Waals surface area contributed by atoms with Crippen LogP contribution in [0.25, 0.3) is 0 Å². The number of nitrogens with zero attached hydrogens (tertiary/aromatic N) is 1. The molecule has 1 aliphatic rings. The van der Waals surface area contributed by atoms with E-state index in [0.717, 1.165) is 17.1 Å². The molecule has 1 aromatic carbocycles. The van der Waals surface area contributed by atoms with E-state index >= 15 is 0 Å². The number of nitrogens with one attached hydrogen (secondary N) is 1. The molecule has 0 bridgehead atoms. The minimum atomic E-state index is -4.51. The maximum Gasteiger partial charge on any atom is 0.406 e. The lowest BCUT2D eigenvalue weighted by Crippen LogP contribution is -2.57. The second kappa shape index (κ2) is 5.29. The lowest BCUT2D eigenvalue weighted by molar-refractivity contribution is -0.200. The zero-order chi connectivity index (χ0) is 15.8. The van der Waals surface area contributed by atoms with Crippen LogP contribution in [0.1, 0.15) is 25.8 Å². The summed E-state index contributed by atoms with van der Waals surface area (Å²) in [6, 6.07) is 3.02. The van der Waals surface area contributed by atoms with E-state index in [9.17, 15) is 22.4 Å². The normalized spacial score (nSPS) is 20.4. The van der Waals surface area contributed by atoms with E-state index in [4.69, 9.17) is 0 Å². The van der Waals surface area contributed by atoms with Crippen LogP contribution in [-0.4, -0.2) is 28.7 Å². The van der Waals surface area contributed by atoms with Crippen LogP contribution in [-0.2, 0) is 11.2 Å². The van der Waals surface area contributed by atoms with Crippen molar-refractivity contribution in [3.05, 3.63) is 35.6 Å². The van der Waals surface area contributed by atoms with Gasteiger partial charge in [0.15, 0.2) is 0 Å². The molecule has 7 heteroatoms. The van der Waals surface area contributed by atoms with Gasteiger partial charge < -0.3 is 0 Å². The van der Waals surface area contributed by atoms with Crippen LogP contribution in [0.3, 0.4) is 0 Å². The van der Waals surface area contributed by atoms with Gasteiger partial charge in [-0.25, -0.2) is 9.40 Å². The number of benzene rings is 1. The van der Waals surface area contributed by atoms with Gasteiger partial charge in [-0.15, -0.1) is 0 Å². The lowest BCUT2D eigenvalue weighted by atomic mass is 9.97. The molecule has 1 saturated heterocycles. The number of carbonyl (C=O) groups is 1. The Bertz CT molecular complexity index is 525. The van der Waals surface area contributed by atoms with Gasteiger partial charge in [0.05, 0.1) is 0 Å². The summed E-state index contributed by atoms with van der Waals surface area (Å²) < 4.78 is 52.9. The van der Waals surface area contributed by atoms with Crippen molar-refractivity contribution >= 4 is 5.91 Å². The second-order valence-electron chi connectivity index (χ2n) is 5.78. The third-order valence-electron chi connectivity index (χ3n) is 3.52. The van der Waals surface area contributed by atoms with Crippen molar-refractivity contribution in [1.82, 2.24) is 10.4 Å². The van der Waals surface area contributed by atoms with Gasteiger partial charge in [0.2, 0.25) is 5.91 Å². The van der Waals surface area contributed by atoms with E-state index < -0.39 is 29.5 Å². The Balaban J connectivity index is 2.27. The van der Waals surface area contributed by atoms with Crippen LogP contribution in [0.5, 0.6) is 0 Å². The summed E-state index contributed by atoms with van der Waals surface area (Å²) in [6.45, 7) is 3.16. The Kier molecular flexibility index (Phi) is 3.97. The average molecular weight is 304 g/mol. The van der Waals surface area contributed by atoms with Crippen molar-refractivity contribution in [1.29, 1.82) is 0 Å². The number of hydrogen-bond acceptors (Lipinski definition) is 2. The molecule has 1 N–H and O–H groups in total. The van der Waals surface area contributed by atoms with E-state index in [2.05, 4.69) is 5.43 Å². The first kappa shape index (κ1) is 15.8. The Labute approximate surface area is 119 Å². The van der Waals surface area contributed by atoms with Crippen LogP contribution in [0.15, 0.2) is 24.3 Å². The van der Waals surface area contributed by atoms with Crippen LogP contribution in [0, 0.1) is 5.82 Å². The molecule has 1 aromatic rings. The molecule has 1 unspecified atom stereocenters. The third-order valence-corrected chi connectivity index (χ3v) is 3.52. The average Bonchev–Trinajstić information content (AvgIpc) is 2.60. The van der Waals surface area contributed by atoms with Gasteiger partial charge in [0.1, 0.15) is 11.9 Å². The number of carbonyl (C=O) groups excluding carboxylic acids is 1. The van der Waals surface area contributed by atoms with Gasteiger partial charge in [0.25, 0.3) is 0 Å². The minimum Gasteiger partial charge on any atom is -0.288 e. The first-order chi connectivity index (χ1) is 9.59. The van der Waals surface area contributed by atoms with Crippen molar-refractivity contribution < 1.29 is 22.4 Å². The Morgan fingerprint density at radius 2 is 1.86 bits per heavy atom. The molecule has 0 spiro atoms. The van der Waals surface area contributed by atoms with Crippen molar-refractivity contribution in [3.8, 4) is 0 Å². The number of rotatable bonds is 3. The molecule has 116 valence electrons. The van der Waals surface area contributed by atoms with Gasteiger partial charge in [-0.05, 0) is 38.0 Å². The Hall–Kier alpha value is -1.63. The predicted molar refractivity (Wildman–Crippen MR) is 68.6 cm³/mol. The molecule has 21 heavy (non-hydrogen) atoms. The van der Waals surface area contributed by atoms with E-state index in [1.54, 1.807) is 13.8 Å². The molecule has 0 radical (unpaired) electrons. The van der Waals surface area contributed by atoms with Gasteiger partial charge >= 0.3 is 6.18 Å². The summed E-state index contributed by atoms with van der Waals surface area (Å²) in [6.07, 6.45) is -4.86. The van der Waals surface area contributed by atoms with Gasteiger partial charge in [0, 0.05) is 12.0 Å². The molecule has 0 saturated carbocycles. The molecule has 1 amide bonds. The highest BCUT2D eigenvalue weighted by molar-refractivity contribution is 5.78. The quantitative estimate of drug-likeness (QED) is 0.871. The molecule has 1 atom stereocenters. The molecule has 1 fully saturated rings. The molecule has 1 aliphatic heterocycles. The van der Waals surface area contributed by atoms with Crippen molar-refractivity contribution in [2.24, 2.45) is 0 Å². The van der Waals surface area contributed by atoms with Crippen LogP contribution in [0.4, 0.5) is 17.6 Å². The molecule has 3 nitrogen and oxygen atoms in total. The smallest absolute Gasteiger partial charge is 0.288 e. The molecular formula is C14H16F4N2O. The number of hydrogen-bond donors (Lipinski definition) is 1. The molecular weight excluding hydrogens is 288 g/mol. The zero-order valence-electron chi connectivity index (χ0n) is 11.7. The predicted octanol–water partition coefficient (Wildman–Crippen LogP) is 2.81. The minimum absolute atomic E-state index is 0.00297. The third kappa shape index (κ3) is 3.53. The van der Waals surface area contributed by atoms with Crippen LogP contribution in [0.2, 0.25) is 0 Å². The highest BCUT2D eigenvalue weighted by Gasteiger charge is 2.51. The topological polar surface area (TPSA) is 32.3 Å². The summed E-state index contributed by atoms with van der Waals surface area (Å²) in [5.74, 6) is -0.939. The number of halogens is 4. The first-order valence-corrected chi connectivity index (χ1v) is 6.49. The molecule has 2 rings (SSSR count). The fourth-order valence-corrected chi connectivity index (χ4v) is 2.50. The fraction of sp³-hybridized carbons (Fsp3) is 0.500. The number of hydrazine groups is 1. The van der Waals surface area contributed by atoms with Gasteiger partial charge in [-0.1, -0.05) is 12.1 Å². The molecule has 0 aliphatic carbocycles. The van der Waals surface area contributed by atoms with E-state index in [1.165, 1.54) is 12.1 Å². The summed E-state index contributed by atoms with van der Waals surface area (Å²) >= 11 is 0. The van der Waals surface area contributed by atoms with E-state index in [-0.39, 0.29) is 12.8 Å². The van der Waals surface area contributed by atoms with Gasteiger partial charge in [-0.3, -0.25) is 10.2 Å². The summed E-state index contributed by atoms with van der Waals surface area (Å²) in [4.78, 5) is 11.4. The number of amides is 1. The summed E-state index contributed by atoms with van der Waals surface area (Å²) in [5, 5.41) is 0.957. The van der Waals surface area contributed by atoms with E-state index in [1.807, 2.05) is 0 Å². The molecule has 1 heterocycles. The first-order valence-electron chi connectivity index (χ1n) is 6.49. The maximum atomic E-state index is 13.3. The van der Waals surface area contributed by atoms with Gasteiger partial charge in [-0.2, -0.15) is 13.2 Å². The fourth-order valence-electron chi connectivity index (χ4n) is 2.50. The standard InChI is InChI=1S/C14H16F4N2O/c1-13(2)8-12(21)19-20(13)11(14(16,17)18)7-9-3-5-10(15)6-4-9/h3-6,11H,7-8H2,1-2H3,(H,19,21). The summed E-state index contributed by atoms with van der Waals surface area (Å²) in [7, 11) is 0. The largest absolute Gasteiger partial charge is 0.406 e. The second-order valence-corrected chi connectivity index (χ2v) is 5.78. The maximum absolute atomic E-state index is 13.3. The Morgan fingerprint density at radius 1 is 1.29 bits per heavy atom. The molecule has 0 aromatic heterocycles. The monoisotopic (exact) mass is 304 g/mol. The highest BCUT2D eigenvalue weighted by Crippen LogP contribution is 2.34. The van der Waals surface area contributed by atoms with E-state index in [0.29, 0.717) is 5.56 Å². The van der Waals surface area contributed by atoms with Crippen molar-refractivity contribution in [3.63, 3.8) is 0 Å².